The van der Waals surface area contributed by atoms with Gasteiger partial charge < -0.3 is 10.1 Å². The smallest absolute Gasteiger partial charge is 0.122 e. The van der Waals surface area contributed by atoms with Crippen LogP contribution in [0.1, 0.15) is 11.1 Å². The molecule has 0 amide bonds. The van der Waals surface area contributed by atoms with Crippen molar-refractivity contribution in [1.29, 1.82) is 0 Å². The maximum atomic E-state index is 5.76. The van der Waals surface area contributed by atoms with Crippen molar-refractivity contribution in [3.8, 4) is 5.75 Å². The number of benzene rings is 2. The fourth-order valence-electron chi connectivity index (χ4n) is 2.32. The Labute approximate surface area is 108 Å². The highest BCUT2D eigenvalue weighted by molar-refractivity contribution is 5.35. The summed E-state index contributed by atoms with van der Waals surface area (Å²) in [6.45, 7) is 1.65. The van der Waals surface area contributed by atoms with Gasteiger partial charge in [-0.1, -0.05) is 48.5 Å². The van der Waals surface area contributed by atoms with Crippen LogP contribution in [-0.2, 0) is 13.0 Å². The average molecular weight is 239 g/mol. The summed E-state index contributed by atoms with van der Waals surface area (Å²) in [7, 11) is 0. The van der Waals surface area contributed by atoms with Crippen LogP contribution < -0.4 is 10.1 Å². The number of para-hydroxylation sites is 1. The number of rotatable bonds is 3. The molecule has 18 heavy (non-hydrogen) atoms. The lowest BCUT2D eigenvalue weighted by molar-refractivity contribution is 0.238. The fraction of sp³-hybridized carbons (Fsp3) is 0.250. The highest BCUT2D eigenvalue weighted by Crippen LogP contribution is 2.23. The van der Waals surface area contributed by atoms with Crippen molar-refractivity contribution in [3.63, 3.8) is 0 Å². The molecule has 3 rings (SSSR count). The Morgan fingerprint density at radius 3 is 2.67 bits per heavy atom. The zero-order valence-electron chi connectivity index (χ0n) is 10.3. The van der Waals surface area contributed by atoms with E-state index in [1.54, 1.807) is 0 Å². The third-order valence-corrected chi connectivity index (χ3v) is 3.32. The van der Waals surface area contributed by atoms with E-state index < -0.39 is 0 Å². The quantitative estimate of drug-likeness (QED) is 0.889. The standard InChI is InChI=1S/C16H17NO/c1-2-6-13(7-3-1)11-17-15-10-14-8-4-5-9-16(14)18-12-15/h1-9,15,17H,10-12H2/t15-/m1/s1. The highest BCUT2D eigenvalue weighted by atomic mass is 16.5. The number of ether oxygens (including phenoxy) is 1. The van der Waals surface area contributed by atoms with Gasteiger partial charge in [-0.2, -0.15) is 0 Å². The molecule has 0 spiro atoms. The molecule has 0 saturated heterocycles. The summed E-state index contributed by atoms with van der Waals surface area (Å²) in [4.78, 5) is 0. The van der Waals surface area contributed by atoms with Crippen LogP contribution in [0.15, 0.2) is 54.6 Å². The van der Waals surface area contributed by atoms with Gasteiger partial charge in [-0.25, -0.2) is 0 Å². The van der Waals surface area contributed by atoms with Crippen molar-refractivity contribution in [3.05, 3.63) is 65.7 Å². The van der Waals surface area contributed by atoms with Crippen molar-refractivity contribution in [1.82, 2.24) is 5.32 Å². The second-order valence-corrected chi connectivity index (χ2v) is 4.69. The van der Waals surface area contributed by atoms with Gasteiger partial charge in [0.05, 0.1) is 0 Å². The number of hydrogen-bond donors (Lipinski definition) is 1. The summed E-state index contributed by atoms with van der Waals surface area (Å²) in [5.74, 6) is 1.04. The predicted molar refractivity (Wildman–Crippen MR) is 72.7 cm³/mol. The Morgan fingerprint density at radius 1 is 1.00 bits per heavy atom. The van der Waals surface area contributed by atoms with E-state index in [0.29, 0.717) is 6.04 Å². The molecule has 1 aliphatic heterocycles. The number of nitrogens with one attached hydrogen (secondary N) is 1. The zero-order valence-corrected chi connectivity index (χ0v) is 10.3. The summed E-state index contributed by atoms with van der Waals surface area (Å²) in [5.41, 5.74) is 2.62. The van der Waals surface area contributed by atoms with Gasteiger partial charge in [0.25, 0.3) is 0 Å². The number of fused-ring (bicyclic) bond motifs is 1. The highest BCUT2D eigenvalue weighted by Gasteiger charge is 2.18. The molecule has 1 aliphatic rings. The molecular weight excluding hydrogens is 222 g/mol. The summed E-state index contributed by atoms with van der Waals surface area (Å²) < 4.78 is 5.76. The van der Waals surface area contributed by atoms with E-state index in [4.69, 9.17) is 4.74 Å². The van der Waals surface area contributed by atoms with E-state index in [1.165, 1.54) is 11.1 Å². The molecule has 0 saturated carbocycles. The maximum absolute atomic E-state index is 5.76. The Kier molecular flexibility index (Phi) is 3.29. The minimum atomic E-state index is 0.403. The minimum Gasteiger partial charge on any atom is -0.492 e. The van der Waals surface area contributed by atoms with Crippen molar-refractivity contribution in [2.45, 2.75) is 19.0 Å². The molecule has 2 nitrogen and oxygen atoms in total. The van der Waals surface area contributed by atoms with Gasteiger partial charge in [0.1, 0.15) is 12.4 Å². The van der Waals surface area contributed by atoms with E-state index in [-0.39, 0.29) is 0 Å². The molecule has 0 fully saturated rings. The third kappa shape index (κ3) is 2.54. The second-order valence-electron chi connectivity index (χ2n) is 4.69. The van der Waals surface area contributed by atoms with Gasteiger partial charge >= 0.3 is 0 Å². The fourth-order valence-corrected chi connectivity index (χ4v) is 2.32. The molecule has 0 unspecified atom stereocenters. The van der Waals surface area contributed by atoms with Gasteiger partial charge in [0, 0.05) is 12.6 Å². The van der Waals surface area contributed by atoms with Crippen LogP contribution in [0, 0.1) is 0 Å². The Bertz CT molecular complexity index is 510. The Hall–Kier alpha value is -1.80. The van der Waals surface area contributed by atoms with Gasteiger partial charge in [0.2, 0.25) is 0 Å². The molecule has 0 bridgehead atoms. The summed E-state index contributed by atoms with van der Waals surface area (Å²) >= 11 is 0. The molecule has 1 heterocycles. The van der Waals surface area contributed by atoms with Crippen LogP contribution in [0.5, 0.6) is 5.75 Å². The lowest BCUT2D eigenvalue weighted by Crippen LogP contribution is -2.38. The topological polar surface area (TPSA) is 21.3 Å². The molecule has 2 aromatic rings. The Morgan fingerprint density at radius 2 is 1.78 bits per heavy atom. The van der Waals surface area contributed by atoms with E-state index in [9.17, 15) is 0 Å². The first kappa shape index (κ1) is 11.3. The summed E-state index contributed by atoms with van der Waals surface area (Å²) in [5, 5.41) is 3.55. The second kappa shape index (κ2) is 5.23. The van der Waals surface area contributed by atoms with Crippen LogP contribution in [-0.4, -0.2) is 12.6 Å². The van der Waals surface area contributed by atoms with E-state index in [0.717, 1.165) is 25.3 Å². The molecule has 0 aliphatic carbocycles. The maximum Gasteiger partial charge on any atom is 0.122 e. The molecular formula is C16H17NO. The van der Waals surface area contributed by atoms with Gasteiger partial charge in [-0.05, 0) is 23.6 Å². The normalized spacial score (nSPS) is 17.9. The molecule has 1 N–H and O–H groups in total. The molecule has 2 aromatic carbocycles. The van der Waals surface area contributed by atoms with Crippen molar-refractivity contribution >= 4 is 0 Å². The predicted octanol–water partition coefficient (Wildman–Crippen LogP) is 2.78. The minimum absolute atomic E-state index is 0.403. The van der Waals surface area contributed by atoms with E-state index >= 15 is 0 Å². The first-order valence-corrected chi connectivity index (χ1v) is 6.40. The summed E-state index contributed by atoms with van der Waals surface area (Å²) in [6, 6.07) is 19.2. The SMILES string of the molecule is c1ccc(CN[C@H]2COc3ccccc3C2)cc1. The van der Waals surface area contributed by atoms with Crippen molar-refractivity contribution < 1.29 is 4.74 Å². The lowest BCUT2D eigenvalue weighted by Gasteiger charge is -2.26. The monoisotopic (exact) mass is 239 g/mol. The van der Waals surface area contributed by atoms with Crippen LogP contribution in [0.25, 0.3) is 0 Å². The van der Waals surface area contributed by atoms with Crippen LogP contribution in [0.3, 0.4) is 0 Å². The van der Waals surface area contributed by atoms with E-state index in [2.05, 4.69) is 41.7 Å². The van der Waals surface area contributed by atoms with Crippen LogP contribution in [0.2, 0.25) is 0 Å². The zero-order chi connectivity index (χ0) is 12.2. The molecule has 0 aromatic heterocycles. The van der Waals surface area contributed by atoms with Gasteiger partial charge in [-0.3, -0.25) is 0 Å². The first-order chi connectivity index (χ1) is 8.92. The van der Waals surface area contributed by atoms with E-state index in [1.807, 2.05) is 18.2 Å². The molecule has 92 valence electrons. The molecule has 0 radical (unpaired) electrons. The lowest BCUT2D eigenvalue weighted by atomic mass is 10.0. The molecule has 1 atom stereocenters. The first-order valence-electron chi connectivity index (χ1n) is 6.40. The van der Waals surface area contributed by atoms with Crippen LogP contribution in [0.4, 0.5) is 0 Å². The van der Waals surface area contributed by atoms with Crippen molar-refractivity contribution in [2.24, 2.45) is 0 Å². The van der Waals surface area contributed by atoms with Crippen molar-refractivity contribution in [2.75, 3.05) is 6.61 Å². The average Bonchev–Trinajstić information content (AvgIpc) is 2.46. The Balaban J connectivity index is 1.60. The summed E-state index contributed by atoms with van der Waals surface area (Å²) in [6.07, 6.45) is 1.04. The van der Waals surface area contributed by atoms with Crippen LogP contribution >= 0.6 is 0 Å². The van der Waals surface area contributed by atoms with Gasteiger partial charge in [0.15, 0.2) is 0 Å². The molecule has 2 heteroatoms. The largest absolute Gasteiger partial charge is 0.492 e. The number of hydrogen-bond acceptors (Lipinski definition) is 2. The third-order valence-electron chi connectivity index (χ3n) is 3.32. The van der Waals surface area contributed by atoms with Gasteiger partial charge in [-0.15, -0.1) is 0 Å².